The monoisotopic (exact) mass is 366 g/mol. The van der Waals surface area contributed by atoms with Gasteiger partial charge in [-0.1, -0.05) is 23.2 Å². The minimum atomic E-state index is -0.586. The Kier molecular flexibility index (Phi) is 4.21. The molecule has 1 aliphatic heterocycles. The first-order chi connectivity index (χ1) is 10.9. The number of nitrogens with one attached hydrogen (secondary N) is 2. The minimum Gasteiger partial charge on any atom is -0.457 e. The lowest BCUT2D eigenvalue weighted by molar-refractivity contribution is -0.123. The molecule has 1 aromatic carbocycles. The Morgan fingerprint density at radius 3 is 2.43 bits per heavy atom. The number of hydrogen-bond donors (Lipinski definition) is 2. The van der Waals surface area contributed by atoms with E-state index < -0.39 is 11.8 Å². The summed E-state index contributed by atoms with van der Waals surface area (Å²) in [4.78, 5) is 23.6. The number of carbonyl (C=O) groups excluding carboxylic acids is 2. The standard InChI is InChI=1S/C15H8Cl2N2O3S/c16-7-1-3-11(17)9(5-7)12-4-2-8(22-12)6-10-13(20)18-15(23)19-14(10)21/h1-6H,(H2,18,19,20,21,23). The van der Waals surface area contributed by atoms with E-state index in [1.165, 1.54) is 6.08 Å². The van der Waals surface area contributed by atoms with Crippen molar-refractivity contribution in [3.8, 4) is 11.3 Å². The van der Waals surface area contributed by atoms with E-state index in [4.69, 9.17) is 39.8 Å². The minimum absolute atomic E-state index is 0.0250. The second kappa shape index (κ2) is 6.16. The van der Waals surface area contributed by atoms with E-state index in [-0.39, 0.29) is 10.7 Å². The number of benzene rings is 1. The van der Waals surface area contributed by atoms with Crippen LogP contribution in [0.1, 0.15) is 5.76 Å². The van der Waals surface area contributed by atoms with Crippen LogP contribution in [0.5, 0.6) is 0 Å². The lowest BCUT2D eigenvalue weighted by Crippen LogP contribution is -2.51. The molecule has 5 nitrogen and oxygen atoms in total. The number of carbonyl (C=O) groups is 2. The number of halogens is 2. The smallest absolute Gasteiger partial charge is 0.263 e. The average Bonchev–Trinajstić information content (AvgIpc) is 2.94. The Morgan fingerprint density at radius 2 is 1.74 bits per heavy atom. The van der Waals surface area contributed by atoms with Gasteiger partial charge in [-0.05, 0) is 48.6 Å². The molecule has 2 aromatic rings. The Balaban J connectivity index is 1.95. The van der Waals surface area contributed by atoms with Gasteiger partial charge in [-0.15, -0.1) is 0 Å². The van der Waals surface area contributed by atoms with E-state index in [0.717, 1.165) is 0 Å². The molecule has 1 fully saturated rings. The largest absolute Gasteiger partial charge is 0.457 e. The van der Waals surface area contributed by atoms with Crippen molar-refractivity contribution in [2.75, 3.05) is 0 Å². The van der Waals surface area contributed by atoms with Crippen LogP contribution in [-0.4, -0.2) is 16.9 Å². The molecule has 1 aromatic heterocycles. The molecule has 0 bridgehead atoms. The van der Waals surface area contributed by atoms with Gasteiger partial charge in [-0.25, -0.2) is 0 Å². The van der Waals surface area contributed by atoms with Crippen LogP contribution in [0.25, 0.3) is 17.4 Å². The predicted molar refractivity (Wildman–Crippen MR) is 91.0 cm³/mol. The zero-order valence-electron chi connectivity index (χ0n) is 11.4. The Morgan fingerprint density at radius 1 is 1.04 bits per heavy atom. The molecule has 116 valence electrons. The molecular weight excluding hydrogens is 359 g/mol. The van der Waals surface area contributed by atoms with E-state index in [1.54, 1.807) is 30.3 Å². The summed E-state index contributed by atoms with van der Waals surface area (Å²) in [5.74, 6) is -0.379. The number of amides is 2. The quantitative estimate of drug-likeness (QED) is 0.486. The van der Waals surface area contributed by atoms with Gasteiger partial charge in [-0.2, -0.15) is 0 Å². The third-order valence-corrected chi connectivity index (χ3v) is 3.82. The first kappa shape index (κ1) is 15.7. The van der Waals surface area contributed by atoms with Gasteiger partial charge in [0.1, 0.15) is 17.1 Å². The molecule has 2 amide bonds. The predicted octanol–water partition coefficient (Wildman–Crippen LogP) is 3.17. The first-order valence-corrected chi connectivity index (χ1v) is 7.54. The summed E-state index contributed by atoms with van der Waals surface area (Å²) < 4.78 is 5.62. The van der Waals surface area contributed by atoms with Gasteiger partial charge in [0.05, 0.1) is 5.02 Å². The lowest BCUT2D eigenvalue weighted by Gasteiger charge is -2.15. The molecule has 1 aliphatic rings. The van der Waals surface area contributed by atoms with Crippen molar-refractivity contribution in [1.82, 2.24) is 10.6 Å². The summed E-state index contributed by atoms with van der Waals surface area (Å²) in [6.45, 7) is 0. The maximum absolute atomic E-state index is 11.8. The highest BCUT2D eigenvalue weighted by molar-refractivity contribution is 7.80. The highest BCUT2D eigenvalue weighted by atomic mass is 35.5. The number of thiocarbonyl (C=S) groups is 1. The normalized spacial score (nSPS) is 14.5. The average molecular weight is 367 g/mol. The van der Waals surface area contributed by atoms with E-state index in [2.05, 4.69) is 10.6 Å². The molecule has 2 heterocycles. The fraction of sp³-hybridized carbons (Fsp3) is 0. The Hall–Kier alpha value is -2.15. The maximum atomic E-state index is 11.8. The Bertz CT molecular complexity index is 851. The summed E-state index contributed by atoms with van der Waals surface area (Å²) in [6, 6.07) is 8.28. The lowest BCUT2D eigenvalue weighted by atomic mass is 10.1. The molecule has 8 heteroatoms. The fourth-order valence-corrected chi connectivity index (χ4v) is 2.58. The molecule has 0 radical (unpaired) electrons. The van der Waals surface area contributed by atoms with E-state index in [9.17, 15) is 9.59 Å². The van der Waals surface area contributed by atoms with Crippen LogP contribution in [0.3, 0.4) is 0 Å². The molecule has 3 rings (SSSR count). The topological polar surface area (TPSA) is 71.3 Å². The molecule has 23 heavy (non-hydrogen) atoms. The second-order valence-electron chi connectivity index (χ2n) is 4.62. The highest BCUT2D eigenvalue weighted by Crippen LogP contribution is 2.32. The van der Waals surface area contributed by atoms with Gasteiger partial charge in [0.15, 0.2) is 5.11 Å². The van der Waals surface area contributed by atoms with Gasteiger partial charge >= 0.3 is 0 Å². The van der Waals surface area contributed by atoms with E-state index >= 15 is 0 Å². The van der Waals surface area contributed by atoms with Crippen LogP contribution < -0.4 is 10.6 Å². The molecule has 0 aliphatic carbocycles. The fourth-order valence-electron chi connectivity index (χ4n) is 2.01. The zero-order chi connectivity index (χ0) is 16.6. The Labute approximate surface area is 146 Å². The summed E-state index contributed by atoms with van der Waals surface area (Å²) in [6.07, 6.45) is 1.33. The van der Waals surface area contributed by atoms with Gasteiger partial charge in [0.2, 0.25) is 0 Å². The summed E-state index contributed by atoms with van der Waals surface area (Å²) >= 11 is 16.8. The van der Waals surface area contributed by atoms with Crippen LogP contribution in [-0.2, 0) is 9.59 Å². The summed E-state index contributed by atoms with van der Waals surface area (Å²) in [5.41, 5.74) is 0.513. The molecule has 0 unspecified atom stereocenters. The second-order valence-corrected chi connectivity index (χ2v) is 5.87. The molecular formula is C15H8Cl2N2O3S. The number of hydrogen-bond acceptors (Lipinski definition) is 4. The molecule has 0 saturated carbocycles. The van der Waals surface area contributed by atoms with E-state index in [0.29, 0.717) is 27.1 Å². The van der Waals surface area contributed by atoms with Crippen molar-refractivity contribution in [3.05, 3.63) is 51.7 Å². The number of furan rings is 1. The SMILES string of the molecule is O=C1NC(=S)NC(=O)C1=Cc1ccc(-c2cc(Cl)ccc2Cl)o1. The molecule has 0 spiro atoms. The van der Waals surface area contributed by atoms with Crippen molar-refractivity contribution in [3.63, 3.8) is 0 Å². The molecule has 1 saturated heterocycles. The van der Waals surface area contributed by atoms with Gasteiger partial charge < -0.3 is 4.42 Å². The first-order valence-electron chi connectivity index (χ1n) is 6.37. The molecule has 0 atom stereocenters. The summed E-state index contributed by atoms with van der Waals surface area (Å²) in [7, 11) is 0. The van der Waals surface area contributed by atoms with Crippen LogP contribution in [0.4, 0.5) is 0 Å². The van der Waals surface area contributed by atoms with Gasteiger partial charge in [0, 0.05) is 10.6 Å². The van der Waals surface area contributed by atoms with Crippen LogP contribution in [0.2, 0.25) is 10.0 Å². The van der Waals surface area contributed by atoms with Crippen LogP contribution in [0.15, 0.2) is 40.3 Å². The van der Waals surface area contributed by atoms with Crippen molar-refractivity contribution >= 4 is 58.4 Å². The van der Waals surface area contributed by atoms with Crippen molar-refractivity contribution in [1.29, 1.82) is 0 Å². The zero-order valence-corrected chi connectivity index (χ0v) is 13.7. The van der Waals surface area contributed by atoms with Gasteiger partial charge in [0.25, 0.3) is 11.8 Å². The van der Waals surface area contributed by atoms with Crippen molar-refractivity contribution in [2.45, 2.75) is 0 Å². The number of rotatable bonds is 2. The van der Waals surface area contributed by atoms with Crippen molar-refractivity contribution in [2.24, 2.45) is 0 Å². The molecule has 2 N–H and O–H groups in total. The van der Waals surface area contributed by atoms with Crippen molar-refractivity contribution < 1.29 is 14.0 Å². The van der Waals surface area contributed by atoms with Crippen LogP contribution in [0, 0.1) is 0 Å². The van der Waals surface area contributed by atoms with E-state index in [1.807, 2.05) is 0 Å². The van der Waals surface area contributed by atoms with Crippen LogP contribution >= 0.6 is 35.4 Å². The van der Waals surface area contributed by atoms with Gasteiger partial charge in [-0.3, -0.25) is 20.2 Å². The third kappa shape index (κ3) is 3.29. The summed E-state index contributed by atoms with van der Waals surface area (Å²) in [5, 5.41) is 5.66. The highest BCUT2D eigenvalue weighted by Gasteiger charge is 2.26. The maximum Gasteiger partial charge on any atom is 0.263 e. The third-order valence-electron chi connectivity index (χ3n) is 3.05.